The van der Waals surface area contributed by atoms with Gasteiger partial charge in [-0.1, -0.05) is 19.1 Å². The molecule has 14 heavy (non-hydrogen) atoms. The van der Waals surface area contributed by atoms with Gasteiger partial charge in [-0.3, -0.25) is 0 Å². The van der Waals surface area contributed by atoms with Crippen LogP contribution in [0.25, 0.3) is 11.3 Å². The zero-order chi connectivity index (χ0) is 9.97. The molecule has 1 heterocycles. The van der Waals surface area contributed by atoms with Gasteiger partial charge in [0.25, 0.3) is 0 Å². The molecular weight excluding hydrogens is 192 g/mol. The molecule has 72 valence electrons. The van der Waals surface area contributed by atoms with Crippen molar-refractivity contribution in [1.82, 2.24) is 4.98 Å². The SMILES string of the molecule is CCc1scnc1-c1ccc(N)cc1. The number of thiazole rings is 1. The third-order valence-corrected chi connectivity index (χ3v) is 3.12. The van der Waals surface area contributed by atoms with E-state index < -0.39 is 0 Å². The van der Waals surface area contributed by atoms with Crippen LogP contribution in [-0.2, 0) is 6.42 Å². The second kappa shape index (κ2) is 3.80. The van der Waals surface area contributed by atoms with E-state index in [1.807, 2.05) is 29.8 Å². The highest BCUT2D eigenvalue weighted by molar-refractivity contribution is 7.10. The van der Waals surface area contributed by atoms with Crippen molar-refractivity contribution in [2.24, 2.45) is 0 Å². The third-order valence-electron chi connectivity index (χ3n) is 2.15. The molecule has 0 spiro atoms. The fraction of sp³-hybridized carbons (Fsp3) is 0.182. The maximum absolute atomic E-state index is 5.63. The zero-order valence-electron chi connectivity index (χ0n) is 8.03. The number of rotatable bonds is 2. The van der Waals surface area contributed by atoms with Crippen molar-refractivity contribution in [3.63, 3.8) is 0 Å². The molecule has 0 unspecified atom stereocenters. The summed E-state index contributed by atoms with van der Waals surface area (Å²) < 4.78 is 0. The maximum Gasteiger partial charge on any atom is 0.0843 e. The van der Waals surface area contributed by atoms with Crippen molar-refractivity contribution >= 4 is 17.0 Å². The summed E-state index contributed by atoms with van der Waals surface area (Å²) in [5, 5.41) is 0. The Morgan fingerprint density at radius 2 is 2.00 bits per heavy atom. The molecule has 1 aromatic carbocycles. The summed E-state index contributed by atoms with van der Waals surface area (Å²) in [7, 11) is 0. The van der Waals surface area contributed by atoms with Crippen LogP contribution in [0.15, 0.2) is 29.8 Å². The first-order valence-electron chi connectivity index (χ1n) is 4.59. The van der Waals surface area contributed by atoms with Crippen LogP contribution in [0.2, 0.25) is 0 Å². The Hall–Kier alpha value is -1.35. The normalized spacial score (nSPS) is 10.4. The Kier molecular flexibility index (Phi) is 2.50. The molecule has 0 amide bonds. The van der Waals surface area contributed by atoms with Gasteiger partial charge in [0.1, 0.15) is 0 Å². The van der Waals surface area contributed by atoms with E-state index in [4.69, 9.17) is 5.73 Å². The highest BCUT2D eigenvalue weighted by Crippen LogP contribution is 2.26. The molecule has 0 aliphatic heterocycles. The van der Waals surface area contributed by atoms with Crippen molar-refractivity contribution in [1.29, 1.82) is 0 Å². The lowest BCUT2D eigenvalue weighted by atomic mass is 10.1. The van der Waals surface area contributed by atoms with Crippen LogP contribution in [0.5, 0.6) is 0 Å². The standard InChI is InChI=1S/C11H12N2S/c1-2-10-11(13-7-14-10)8-3-5-9(12)6-4-8/h3-7H,2,12H2,1H3. The van der Waals surface area contributed by atoms with Gasteiger partial charge in [0.2, 0.25) is 0 Å². The summed E-state index contributed by atoms with van der Waals surface area (Å²) in [6, 6.07) is 7.86. The summed E-state index contributed by atoms with van der Waals surface area (Å²) in [6.45, 7) is 2.15. The van der Waals surface area contributed by atoms with Crippen LogP contribution >= 0.6 is 11.3 Å². The Labute approximate surface area is 87.4 Å². The second-order valence-corrected chi connectivity index (χ2v) is 4.04. The molecule has 2 N–H and O–H groups in total. The largest absolute Gasteiger partial charge is 0.399 e. The topological polar surface area (TPSA) is 38.9 Å². The van der Waals surface area contributed by atoms with Gasteiger partial charge < -0.3 is 5.73 Å². The second-order valence-electron chi connectivity index (χ2n) is 3.10. The van der Waals surface area contributed by atoms with E-state index in [0.29, 0.717) is 0 Å². The number of benzene rings is 1. The van der Waals surface area contributed by atoms with Crippen molar-refractivity contribution in [3.8, 4) is 11.3 Å². The number of nitrogens with two attached hydrogens (primary N) is 1. The molecule has 0 fully saturated rings. The van der Waals surface area contributed by atoms with Crippen LogP contribution in [0.3, 0.4) is 0 Å². The molecule has 2 aromatic rings. The molecule has 0 atom stereocenters. The smallest absolute Gasteiger partial charge is 0.0843 e. The average molecular weight is 204 g/mol. The van der Waals surface area contributed by atoms with E-state index in [1.165, 1.54) is 4.88 Å². The van der Waals surface area contributed by atoms with Crippen molar-refractivity contribution in [3.05, 3.63) is 34.7 Å². The molecule has 2 nitrogen and oxygen atoms in total. The van der Waals surface area contributed by atoms with Crippen LogP contribution in [0.1, 0.15) is 11.8 Å². The highest BCUT2D eigenvalue weighted by atomic mass is 32.1. The van der Waals surface area contributed by atoms with E-state index in [2.05, 4.69) is 11.9 Å². The number of aryl methyl sites for hydroxylation is 1. The van der Waals surface area contributed by atoms with Crippen LogP contribution in [-0.4, -0.2) is 4.98 Å². The summed E-state index contributed by atoms with van der Waals surface area (Å²) in [6.07, 6.45) is 1.03. The molecule has 0 bridgehead atoms. The molecule has 0 aliphatic carbocycles. The van der Waals surface area contributed by atoms with Gasteiger partial charge >= 0.3 is 0 Å². The van der Waals surface area contributed by atoms with Crippen molar-refractivity contribution < 1.29 is 0 Å². The van der Waals surface area contributed by atoms with Gasteiger partial charge in [-0.25, -0.2) is 4.98 Å². The lowest BCUT2D eigenvalue weighted by Crippen LogP contribution is -1.86. The lowest BCUT2D eigenvalue weighted by molar-refractivity contribution is 1.17. The molecule has 0 saturated carbocycles. The lowest BCUT2D eigenvalue weighted by Gasteiger charge is -2.00. The van der Waals surface area contributed by atoms with Crippen molar-refractivity contribution in [2.75, 3.05) is 5.73 Å². The average Bonchev–Trinajstić information content (AvgIpc) is 2.67. The van der Waals surface area contributed by atoms with Crippen molar-refractivity contribution in [2.45, 2.75) is 13.3 Å². The molecule has 1 aromatic heterocycles. The minimum Gasteiger partial charge on any atom is -0.399 e. The van der Waals surface area contributed by atoms with E-state index >= 15 is 0 Å². The summed E-state index contributed by atoms with van der Waals surface area (Å²) >= 11 is 1.71. The molecular formula is C11H12N2S. The van der Waals surface area contributed by atoms with Gasteiger partial charge in [0.15, 0.2) is 0 Å². The monoisotopic (exact) mass is 204 g/mol. The van der Waals surface area contributed by atoms with Crippen LogP contribution in [0, 0.1) is 0 Å². The molecule has 0 aliphatic rings. The minimum absolute atomic E-state index is 0.794. The van der Waals surface area contributed by atoms with Gasteiger partial charge in [-0.2, -0.15) is 0 Å². The number of hydrogen-bond acceptors (Lipinski definition) is 3. The Bertz CT molecular complexity index is 417. The number of nitrogens with zero attached hydrogens (tertiary/aromatic N) is 1. The molecule has 0 saturated heterocycles. The summed E-state index contributed by atoms with van der Waals surface area (Å²) in [5.74, 6) is 0. The Balaban J connectivity index is 2.44. The number of nitrogen functional groups attached to an aromatic ring is 1. The predicted octanol–water partition coefficient (Wildman–Crippen LogP) is 2.95. The first kappa shape index (κ1) is 9.21. The van der Waals surface area contributed by atoms with E-state index in [1.54, 1.807) is 11.3 Å². The number of aromatic nitrogens is 1. The van der Waals surface area contributed by atoms with E-state index in [9.17, 15) is 0 Å². The summed E-state index contributed by atoms with van der Waals surface area (Å²) in [5.41, 5.74) is 10.6. The summed E-state index contributed by atoms with van der Waals surface area (Å²) in [4.78, 5) is 5.69. The van der Waals surface area contributed by atoms with Crippen LogP contribution < -0.4 is 5.73 Å². The van der Waals surface area contributed by atoms with Gasteiger partial charge in [-0.05, 0) is 18.6 Å². The Morgan fingerprint density at radius 3 is 2.64 bits per heavy atom. The number of hydrogen-bond donors (Lipinski definition) is 1. The fourth-order valence-electron chi connectivity index (χ4n) is 1.40. The van der Waals surface area contributed by atoms with Gasteiger partial charge in [-0.15, -0.1) is 11.3 Å². The first-order chi connectivity index (χ1) is 6.81. The first-order valence-corrected chi connectivity index (χ1v) is 5.47. The predicted molar refractivity (Wildman–Crippen MR) is 61.3 cm³/mol. The van der Waals surface area contributed by atoms with Gasteiger partial charge in [0, 0.05) is 16.1 Å². The zero-order valence-corrected chi connectivity index (χ0v) is 8.84. The minimum atomic E-state index is 0.794. The van der Waals surface area contributed by atoms with E-state index in [-0.39, 0.29) is 0 Å². The quantitative estimate of drug-likeness (QED) is 0.764. The van der Waals surface area contributed by atoms with E-state index in [0.717, 1.165) is 23.4 Å². The molecule has 3 heteroatoms. The number of anilines is 1. The highest BCUT2D eigenvalue weighted by Gasteiger charge is 2.05. The van der Waals surface area contributed by atoms with Gasteiger partial charge in [0.05, 0.1) is 11.2 Å². The molecule has 2 rings (SSSR count). The maximum atomic E-state index is 5.63. The fourth-order valence-corrected chi connectivity index (χ4v) is 2.13. The third kappa shape index (κ3) is 1.63. The molecule has 0 radical (unpaired) electrons. The van der Waals surface area contributed by atoms with Crippen LogP contribution in [0.4, 0.5) is 5.69 Å². The Morgan fingerprint density at radius 1 is 1.29 bits per heavy atom.